The Morgan fingerprint density at radius 3 is 2.75 bits per heavy atom. The zero-order chi connectivity index (χ0) is 16.5. The quantitative estimate of drug-likeness (QED) is 0.879. The minimum Gasteiger partial charge on any atom is -0.367 e. The van der Waals surface area contributed by atoms with Crippen molar-refractivity contribution in [1.82, 2.24) is 24.4 Å². The van der Waals surface area contributed by atoms with Gasteiger partial charge >= 0.3 is 0 Å². The molecular weight excluding hydrogens is 300 g/mol. The highest BCUT2D eigenvalue weighted by Gasteiger charge is 2.27. The average molecular weight is 328 g/mol. The van der Waals surface area contributed by atoms with Crippen LogP contribution in [0.1, 0.15) is 38.3 Å². The standard InChI is InChI=1S/C18H28N6/c1-3-22-8-10-23(11-9-22)14(2)13-20-18-17-12-16(15-4-5-15)21-24(17)7-6-19-18/h6-7,12,14-15H,3-5,8-11,13H2,1-2H3,(H,19,20). The molecule has 3 heterocycles. The molecule has 6 heteroatoms. The fourth-order valence-electron chi connectivity index (χ4n) is 3.55. The Kier molecular flexibility index (Phi) is 4.41. The second-order valence-electron chi connectivity index (χ2n) is 7.15. The van der Waals surface area contributed by atoms with Crippen molar-refractivity contribution < 1.29 is 0 Å². The molecule has 24 heavy (non-hydrogen) atoms. The van der Waals surface area contributed by atoms with E-state index in [9.17, 15) is 0 Å². The summed E-state index contributed by atoms with van der Waals surface area (Å²) in [5.74, 6) is 1.63. The van der Waals surface area contributed by atoms with Crippen LogP contribution < -0.4 is 5.32 Å². The highest BCUT2D eigenvalue weighted by Crippen LogP contribution is 2.39. The van der Waals surface area contributed by atoms with Crippen molar-refractivity contribution in [1.29, 1.82) is 0 Å². The first-order valence-electron chi connectivity index (χ1n) is 9.29. The molecule has 1 saturated carbocycles. The minimum absolute atomic E-state index is 0.511. The molecule has 0 spiro atoms. The van der Waals surface area contributed by atoms with Gasteiger partial charge in [-0.05, 0) is 32.4 Å². The van der Waals surface area contributed by atoms with Gasteiger partial charge in [-0.2, -0.15) is 5.10 Å². The van der Waals surface area contributed by atoms with Crippen LogP contribution >= 0.6 is 0 Å². The Hall–Kier alpha value is -1.66. The first-order valence-corrected chi connectivity index (χ1v) is 9.29. The lowest BCUT2D eigenvalue weighted by atomic mass is 10.2. The molecule has 0 bridgehead atoms. The van der Waals surface area contributed by atoms with E-state index in [1.165, 1.54) is 31.6 Å². The van der Waals surface area contributed by atoms with Crippen LogP contribution in [0.3, 0.4) is 0 Å². The van der Waals surface area contributed by atoms with Gasteiger partial charge < -0.3 is 10.2 Å². The largest absolute Gasteiger partial charge is 0.367 e. The van der Waals surface area contributed by atoms with Crippen molar-refractivity contribution in [3.05, 3.63) is 24.2 Å². The average Bonchev–Trinajstić information content (AvgIpc) is 3.38. The van der Waals surface area contributed by atoms with Gasteiger partial charge in [0.1, 0.15) is 5.52 Å². The highest BCUT2D eigenvalue weighted by molar-refractivity contribution is 5.68. The number of hydrogen-bond acceptors (Lipinski definition) is 5. The van der Waals surface area contributed by atoms with E-state index in [0.717, 1.165) is 37.5 Å². The fourth-order valence-corrected chi connectivity index (χ4v) is 3.55. The number of rotatable bonds is 6. The third kappa shape index (κ3) is 3.26. The van der Waals surface area contributed by atoms with Crippen LogP contribution in [0.15, 0.2) is 18.5 Å². The van der Waals surface area contributed by atoms with Gasteiger partial charge in [0, 0.05) is 57.1 Å². The number of aromatic nitrogens is 3. The van der Waals surface area contributed by atoms with E-state index in [2.05, 4.69) is 40.0 Å². The molecule has 2 aromatic heterocycles. The Labute approximate surface area is 143 Å². The van der Waals surface area contributed by atoms with Crippen LogP contribution in [-0.2, 0) is 0 Å². The number of nitrogens with zero attached hydrogens (tertiary/aromatic N) is 5. The number of hydrogen-bond donors (Lipinski definition) is 1. The maximum Gasteiger partial charge on any atom is 0.152 e. The molecule has 1 aliphatic heterocycles. The van der Waals surface area contributed by atoms with Crippen LogP contribution in [0, 0.1) is 0 Å². The lowest BCUT2D eigenvalue weighted by Crippen LogP contribution is -2.51. The lowest BCUT2D eigenvalue weighted by Gasteiger charge is -2.37. The molecule has 0 radical (unpaired) electrons. The van der Waals surface area contributed by atoms with E-state index in [1.54, 1.807) is 0 Å². The second kappa shape index (κ2) is 6.69. The SMILES string of the molecule is CCN1CCN(C(C)CNc2nccn3nc(C4CC4)cc23)CC1. The molecule has 1 aliphatic carbocycles. The van der Waals surface area contributed by atoms with E-state index < -0.39 is 0 Å². The minimum atomic E-state index is 0.511. The Balaban J connectivity index is 1.39. The van der Waals surface area contributed by atoms with E-state index in [4.69, 9.17) is 5.10 Å². The van der Waals surface area contributed by atoms with Gasteiger partial charge in [0.25, 0.3) is 0 Å². The van der Waals surface area contributed by atoms with Gasteiger partial charge in [0.2, 0.25) is 0 Å². The summed E-state index contributed by atoms with van der Waals surface area (Å²) in [7, 11) is 0. The first-order chi connectivity index (χ1) is 11.7. The van der Waals surface area contributed by atoms with Crippen LogP contribution in [0.2, 0.25) is 0 Å². The van der Waals surface area contributed by atoms with Crippen molar-refractivity contribution in [3.8, 4) is 0 Å². The van der Waals surface area contributed by atoms with E-state index in [-0.39, 0.29) is 0 Å². The number of nitrogens with one attached hydrogen (secondary N) is 1. The van der Waals surface area contributed by atoms with Crippen molar-refractivity contribution >= 4 is 11.3 Å². The smallest absolute Gasteiger partial charge is 0.152 e. The van der Waals surface area contributed by atoms with Crippen molar-refractivity contribution in [3.63, 3.8) is 0 Å². The molecule has 1 saturated heterocycles. The molecule has 130 valence electrons. The predicted octanol–water partition coefficient (Wildman–Crippen LogP) is 2.04. The summed E-state index contributed by atoms with van der Waals surface area (Å²) in [6.07, 6.45) is 6.34. The zero-order valence-electron chi connectivity index (χ0n) is 14.8. The van der Waals surface area contributed by atoms with Gasteiger partial charge in [0.15, 0.2) is 5.82 Å². The van der Waals surface area contributed by atoms with E-state index in [0.29, 0.717) is 12.0 Å². The van der Waals surface area contributed by atoms with Crippen molar-refractivity contribution in [2.45, 2.75) is 38.6 Å². The van der Waals surface area contributed by atoms with E-state index in [1.807, 2.05) is 16.9 Å². The highest BCUT2D eigenvalue weighted by atomic mass is 15.3. The molecule has 1 unspecified atom stereocenters. The zero-order valence-corrected chi connectivity index (χ0v) is 14.8. The number of piperazine rings is 1. The topological polar surface area (TPSA) is 48.7 Å². The Bertz CT molecular complexity index is 684. The molecule has 2 aliphatic rings. The first kappa shape index (κ1) is 15.8. The van der Waals surface area contributed by atoms with Crippen LogP contribution in [0.25, 0.3) is 5.52 Å². The fraction of sp³-hybridized carbons (Fsp3) is 0.667. The third-order valence-corrected chi connectivity index (χ3v) is 5.45. The molecule has 1 N–H and O–H groups in total. The summed E-state index contributed by atoms with van der Waals surface area (Å²) in [5.41, 5.74) is 2.32. The predicted molar refractivity (Wildman–Crippen MR) is 96.6 cm³/mol. The summed E-state index contributed by atoms with van der Waals surface area (Å²) in [6, 6.07) is 2.72. The monoisotopic (exact) mass is 328 g/mol. The normalized spacial score (nSPS) is 21.2. The van der Waals surface area contributed by atoms with Crippen LogP contribution in [0.5, 0.6) is 0 Å². The molecule has 0 amide bonds. The molecule has 1 atom stereocenters. The second-order valence-corrected chi connectivity index (χ2v) is 7.15. The van der Waals surface area contributed by atoms with Crippen LogP contribution in [-0.4, -0.2) is 69.7 Å². The molecule has 2 fully saturated rings. The molecular formula is C18H28N6. The third-order valence-electron chi connectivity index (χ3n) is 5.45. The van der Waals surface area contributed by atoms with Gasteiger partial charge in [-0.1, -0.05) is 6.92 Å². The summed E-state index contributed by atoms with van der Waals surface area (Å²) in [4.78, 5) is 9.64. The Morgan fingerprint density at radius 2 is 2.04 bits per heavy atom. The van der Waals surface area contributed by atoms with Gasteiger partial charge in [-0.25, -0.2) is 9.50 Å². The number of anilines is 1. The van der Waals surface area contributed by atoms with Gasteiger partial charge in [0.05, 0.1) is 5.69 Å². The molecule has 2 aromatic rings. The van der Waals surface area contributed by atoms with E-state index >= 15 is 0 Å². The number of fused-ring (bicyclic) bond motifs is 1. The van der Waals surface area contributed by atoms with Crippen molar-refractivity contribution in [2.24, 2.45) is 0 Å². The molecule has 6 nitrogen and oxygen atoms in total. The summed E-state index contributed by atoms with van der Waals surface area (Å²) in [5, 5.41) is 8.25. The maximum atomic E-state index is 4.69. The number of likely N-dealkylation sites (N-methyl/N-ethyl adjacent to an activating group) is 1. The summed E-state index contributed by atoms with van der Waals surface area (Å²) < 4.78 is 1.97. The van der Waals surface area contributed by atoms with Crippen LogP contribution in [0.4, 0.5) is 5.82 Å². The Morgan fingerprint density at radius 1 is 1.25 bits per heavy atom. The maximum absolute atomic E-state index is 4.69. The van der Waals surface area contributed by atoms with Gasteiger partial charge in [-0.15, -0.1) is 0 Å². The van der Waals surface area contributed by atoms with Crippen molar-refractivity contribution in [2.75, 3.05) is 44.6 Å². The molecule has 4 rings (SSSR count). The lowest BCUT2D eigenvalue weighted by molar-refractivity contribution is 0.110. The molecule has 0 aromatic carbocycles. The van der Waals surface area contributed by atoms with Gasteiger partial charge in [-0.3, -0.25) is 4.90 Å². The summed E-state index contributed by atoms with van der Waals surface area (Å²) in [6.45, 7) is 11.3. The summed E-state index contributed by atoms with van der Waals surface area (Å²) >= 11 is 0.